The SMILES string of the molecule is COc1c(Cl)ncnc1NC(C)CC#Cc1ccccc1Oc1cc(C(F)(F)F)ccn1. The van der Waals surface area contributed by atoms with Gasteiger partial charge in [-0.15, -0.1) is 0 Å². The Labute approximate surface area is 187 Å². The van der Waals surface area contributed by atoms with E-state index in [0.29, 0.717) is 29.3 Å². The van der Waals surface area contributed by atoms with Crippen molar-refractivity contribution in [2.75, 3.05) is 12.4 Å². The number of halogens is 4. The standard InChI is InChI=1S/C22H18ClF3N4O2/c1-14(30-21-19(31-2)20(23)28-13-29-21)6-5-8-15-7-3-4-9-17(15)32-18-12-16(10-11-27-18)22(24,25)26/h3-4,7,9-14H,6H2,1-2H3,(H,28,29,30). The molecular formula is C22H18ClF3N4O2. The summed E-state index contributed by atoms with van der Waals surface area (Å²) in [5, 5.41) is 3.34. The number of hydrogen-bond acceptors (Lipinski definition) is 6. The molecule has 0 aliphatic rings. The summed E-state index contributed by atoms with van der Waals surface area (Å²) in [6.45, 7) is 1.90. The number of ether oxygens (including phenoxy) is 2. The number of nitrogens with zero attached hydrogens (tertiary/aromatic N) is 3. The molecule has 3 aromatic rings. The van der Waals surface area contributed by atoms with Crippen LogP contribution in [0.25, 0.3) is 0 Å². The lowest BCUT2D eigenvalue weighted by Gasteiger charge is -2.14. The average molecular weight is 463 g/mol. The number of pyridine rings is 1. The van der Waals surface area contributed by atoms with Crippen LogP contribution in [0.2, 0.25) is 5.15 Å². The average Bonchev–Trinajstić information content (AvgIpc) is 2.75. The van der Waals surface area contributed by atoms with E-state index in [0.717, 1.165) is 18.3 Å². The minimum atomic E-state index is -4.49. The van der Waals surface area contributed by atoms with Crippen molar-refractivity contribution in [3.63, 3.8) is 0 Å². The number of benzene rings is 1. The molecule has 0 aliphatic heterocycles. The molecule has 1 atom stereocenters. The first-order valence-corrected chi connectivity index (χ1v) is 9.75. The topological polar surface area (TPSA) is 69.2 Å². The first-order valence-electron chi connectivity index (χ1n) is 9.38. The molecule has 0 radical (unpaired) electrons. The molecule has 0 saturated carbocycles. The lowest BCUT2D eigenvalue weighted by molar-refractivity contribution is -0.137. The summed E-state index contributed by atoms with van der Waals surface area (Å²) >= 11 is 5.99. The summed E-state index contributed by atoms with van der Waals surface area (Å²) in [6.07, 6.45) is -1.69. The monoisotopic (exact) mass is 462 g/mol. The van der Waals surface area contributed by atoms with Crippen molar-refractivity contribution in [2.24, 2.45) is 0 Å². The van der Waals surface area contributed by atoms with Crippen LogP contribution in [-0.2, 0) is 6.18 Å². The maximum atomic E-state index is 12.9. The van der Waals surface area contributed by atoms with Crippen molar-refractivity contribution >= 4 is 17.4 Å². The van der Waals surface area contributed by atoms with Crippen molar-refractivity contribution in [1.29, 1.82) is 0 Å². The summed E-state index contributed by atoms with van der Waals surface area (Å²) < 4.78 is 49.5. The van der Waals surface area contributed by atoms with Crippen LogP contribution < -0.4 is 14.8 Å². The first kappa shape index (κ1) is 23.2. The van der Waals surface area contributed by atoms with E-state index in [1.54, 1.807) is 24.3 Å². The maximum absolute atomic E-state index is 12.9. The minimum absolute atomic E-state index is 0.111. The van der Waals surface area contributed by atoms with Gasteiger partial charge in [0, 0.05) is 24.7 Å². The fraction of sp³-hybridized carbons (Fsp3) is 0.227. The zero-order valence-electron chi connectivity index (χ0n) is 17.1. The number of hydrogen-bond donors (Lipinski definition) is 1. The minimum Gasteiger partial charge on any atom is -0.490 e. The molecule has 0 fully saturated rings. The molecule has 0 bridgehead atoms. The van der Waals surface area contributed by atoms with Gasteiger partial charge in [0.1, 0.15) is 12.1 Å². The molecule has 3 rings (SSSR count). The van der Waals surface area contributed by atoms with Crippen molar-refractivity contribution < 1.29 is 22.6 Å². The predicted molar refractivity (Wildman–Crippen MR) is 114 cm³/mol. The summed E-state index contributed by atoms with van der Waals surface area (Å²) in [7, 11) is 1.47. The Morgan fingerprint density at radius 3 is 2.69 bits per heavy atom. The summed E-state index contributed by atoms with van der Waals surface area (Å²) in [4.78, 5) is 11.8. The summed E-state index contributed by atoms with van der Waals surface area (Å²) in [5.74, 6) is 6.92. The number of anilines is 1. The molecule has 0 spiro atoms. The molecule has 2 aromatic heterocycles. The van der Waals surface area contributed by atoms with Crippen molar-refractivity contribution in [3.8, 4) is 29.2 Å². The quantitative estimate of drug-likeness (QED) is 0.380. The second-order valence-electron chi connectivity index (χ2n) is 6.58. The number of rotatable bonds is 6. The van der Waals surface area contributed by atoms with E-state index in [1.807, 2.05) is 6.92 Å². The Hall–Kier alpha value is -3.51. The van der Waals surface area contributed by atoms with E-state index in [-0.39, 0.29) is 17.1 Å². The number of methoxy groups -OCH3 is 1. The smallest absolute Gasteiger partial charge is 0.416 e. The molecule has 0 saturated heterocycles. The predicted octanol–water partition coefficient (Wildman–Crippen LogP) is 5.59. The van der Waals surface area contributed by atoms with Gasteiger partial charge in [-0.3, -0.25) is 0 Å². The third kappa shape index (κ3) is 6.02. The van der Waals surface area contributed by atoms with Crippen LogP contribution in [0.3, 0.4) is 0 Å². The van der Waals surface area contributed by atoms with Crippen LogP contribution in [-0.4, -0.2) is 28.1 Å². The van der Waals surface area contributed by atoms with Crippen LogP contribution in [0.15, 0.2) is 48.9 Å². The number of para-hydroxylation sites is 1. The summed E-state index contributed by atoms with van der Waals surface area (Å²) in [5.41, 5.74) is -0.326. The van der Waals surface area contributed by atoms with E-state index >= 15 is 0 Å². The normalized spacial score (nSPS) is 11.8. The third-order valence-corrected chi connectivity index (χ3v) is 4.41. The van der Waals surface area contributed by atoms with Crippen LogP contribution >= 0.6 is 11.6 Å². The fourth-order valence-electron chi connectivity index (χ4n) is 2.63. The van der Waals surface area contributed by atoms with Gasteiger partial charge >= 0.3 is 6.18 Å². The van der Waals surface area contributed by atoms with E-state index in [1.165, 1.54) is 13.4 Å². The third-order valence-electron chi connectivity index (χ3n) is 4.14. The molecule has 0 aliphatic carbocycles. The molecule has 2 heterocycles. The molecule has 0 amide bonds. The van der Waals surface area contributed by atoms with Gasteiger partial charge in [0.2, 0.25) is 5.88 Å². The molecular weight excluding hydrogens is 445 g/mol. The van der Waals surface area contributed by atoms with E-state index < -0.39 is 11.7 Å². The van der Waals surface area contributed by atoms with Gasteiger partial charge in [-0.05, 0) is 25.1 Å². The number of nitrogens with one attached hydrogen (secondary N) is 1. The second kappa shape index (κ2) is 10.2. The van der Waals surface area contributed by atoms with Gasteiger partial charge in [-0.2, -0.15) is 13.2 Å². The fourth-order valence-corrected chi connectivity index (χ4v) is 2.84. The zero-order chi connectivity index (χ0) is 23.1. The van der Waals surface area contributed by atoms with Crippen molar-refractivity contribution in [2.45, 2.75) is 25.6 Å². The maximum Gasteiger partial charge on any atom is 0.416 e. The molecule has 1 N–H and O–H groups in total. The van der Waals surface area contributed by atoms with Gasteiger partial charge < -0.3 is 14.8 Å². The lowest BCUT2D eigenvalue weighted by Crippen LogP contribution is -2.16. The highest BCUT2D eigenvalue weighted by molar-refractivity contribution is 6.31. The van der Waals surface area contributed by atoms with Gasteiger partial charge in [0.15, 0.2) is 16.7 Å². The highest BCUT2D eigenvalue weighted by atomic mass is 35.5. The molecule has 1 aromatic carbocycles. The van der Waals surface area contributed by atoms with E-state index in [9.17, 15) is 13.2 Å². The van der Waals surface area contributed by atoms with Gasteiger partial charge in [0.25, 0.3) is 0 Å². The molecule has 10 heteroatoms. The molecule has 1 unspecified atom stereocenters. The van der Waals surface area contributed by atoms with Crippen LogP contribution in [0.4, 0.5) is 19.0 Å². The molecule has 32 heavy (non-hydrogen) atoms. The van der Waals surface area contributed by atoms with Crippen molar-refractivity contribution in [1.82, 2.24) is 15.0 Å². The number of aromatic nitrogens is 3. The highest BCUT2D eigenvalue weighted by Crippen LogP contribution is 2.32. The van der Waals surface area contributed by atoms with Gasteiger partial charge in [0.05, 0.1) is 18.2 Å². The number of alkyl halides is 3. The highest BCUT2D eigenvalue weighted by Gasteiger charge is 2.31. The second-order valence-corrected chi connectivity index (χ2v) is 6.93. The first-order chi connectivity index (χ1) is 15.3. The van der Waals surface area contributed by atoms with Crippen LogP contribution in [0, 0.1) is 11.8 Å². The molecule has 166 valence electrons. The van der Waals surface area contributed by atoms with Gasteiger partial charge in [-0.1, -0.05) is 35.6 Å². The largest absolute Gasteiger partial charge is 0.490 e. The van der Waals surface area contributed by atoms with Crippen LogP contribution in [0.1, 0.15) is 24.5 Å². The van der Waals surface area contributed by atoms with E-state index in [2.05, 4.69) is 32.1 Å². The Morgan fingerprint density at radius 1 is 1.16 bits per heavy atom. The van der Waals surface area contributed by atoms with Crippen LogP contribution in [0.5, 0.6) is 17.4 Å². The Balaban J connectivity index is 1.71. The zero-order valence-corrected chi connectivity index (χ0v) is 17.8. The summed E-state index contributed by atoms with van der Waals surface area (Å²) in [6, 6.07) is 8.39. The Bertz CT molecular complexity index is 1150. The van der Waals surface area contributed by atoms with Crippen molar-refractivity contribution in [3.05, 3.63) is 65.2 Å². The molecule has 6 nitrogen and oxygen atoms in total. The Kier molecular flexibility index (Phi) is 7.38. The van der Waals surface area contributed by atoms with Gasteiger partial charge in [-0.25, -0.2) is 15.0 Å². The van der Waals surface area contributed by atoms with E-state index in [4.69, 9.17) is 21.1 Å². The lowest BCUT2D eigenvalue weighted by atomic mass is 10.1. The Morgan fingerprint density at radius 2 is 1.94 bits per heavy atom.